The monoisotopic (exact) mass is 372 g/mol. The van der Waals surface area contributed by atoms with E-state index in [-0.39, 0.29) is 0 Å². The number of piperidine rings is 1. The van der Waals surface area contributed by atoms with E-state index in [0.717, 1.165) is 37.1 Å². The van der Waals surface area contributed by atoms with Crippen LogP contribution in [0.3, 0.4) is 0 Å². The number of nitrogens with zero attached hydrogens (tertiary/aromatic N) is 4. The van der Waals surface area contributed by atoms with Crippen LogP contribution in [0.2, 0.25) is 0 Å². The van der Waals surface area contributed by atoms with E-state index in [1.54, 1.807) is 0 Å². The molecule has 0 radical (unpaired) electrons. The molecule has 4 heterocycles. The quantitative estimate of drug-likeness (QED) is 0.641. The first-order valence-corrected chi connectivity index (χ1v) is 10.2. The molecule has 0 aliphatic carbocycles. The van der Waals surface area contributed by atoms with Gasteiger partial charge in [0.05, 0.1) is 23.5 Å². The highest BCUT2D eigenvalue weighted by molar-refractivity contribution is 5.23. The molecule has 0 saturated carbocycles. The molecule has 4 rings (SSSR count). The Kier molecular flexibility index (Phi) is 5.77. The highest BCUT2D eigenvalue weighted by Crippen LogP contribution is 2.39. The van der Waals surface area contributed by atoms with E-state index in [2.05, 4.69) is 54.2 Å². The largest absolute Gasteiger partial charge is 0.289 e. The minimum Gasteiger partial charge on any atom is -0.289 e. The highest BCUT2D eigenvalue weighted by Gasteiger charge is 2.31. The van der Waals surface area contributed by atoms with Crippen LogP contribution in [0.4, 0.5) is 0 Å². The second-order valence-corrected chi connectivity index (χ2v) is 7.71. The van der Waals surface area contributed by atoms with Crippen molar-refractivity contribution in [2.75, 3.05) is 7.05 Å². The van der Waals surface area contributed by atoms with E-state index in [0.29, 0.717) is 12.1 Å². The summed E-state index contributed by atoms with van der Waals surface area (Å²) in [5.41, 5.74) is 5.93. The molecule has 144 valence electrons. The lowest BCUT2D eigenvalue weighted by Gasteiger charge is -2.39. The van der Waals surface area contributed by atoms with Gasteiger partial charge in [-0.1, -0.05) is 18.2 Å². The van der Waals surface area contributed by atoms with E-state index in [1.165, 1.54) is 23.4 Å². The van der Waals surface area contributed by atoms with Gasteiger partial charge in [-0.05, 0) is 82.0 Å². The Balaban J connectivity index is 1.51. The molecular formula is C24H28N4. The summed E-state index contributed by atoms with van der Waals surface area (Å²) in [4.78, 5) is 16.6. The number of hydrogen-bond acceptors (Lipinski definition) is 4. The molecule has 28 heavy (non-hydrogen) atoms. The third-order valence-corrected chi connectivity index (χ3v) is 5.84. The second-order valence-electron chi connectivity index (χ2n) is 7.71. The summed E-state index contributed by atoms with van der Waals surface area (Å²) >= 11 is 0. The van der Waals surface area contributed by atoms with Crippen molar-refractivity contribution in [1.82, 2.24) is 19.9 Å². The van der Waals surface area contributed by atoms with Gasteiger partial charge in [-0.25, -0.2) is 0 Å². The summed E-state index contributed by atoms with van der Waals surface area (Å²) < 4.78 is 0. The lowest BCUT2D eigenvalue weighted by atomic mass is 9.90. The van der Waals surface area contributed by atoms with Crippen LogP contribution in [-0.2, 0) is 12.8 Å². The number of likely N-dealkylation sites (tertiary alicyclic amines) is 1. The molecular weight excluding hydrogens is 344 g/mol. The van der Waals surface area contributed by atoms with Gasteiger partial charge in [-0.3, -0.25) is 19.9 Å². The normalized spacial score (nSPS) is 20.2. The van der Waals surface area contributed by atoms with Gasteiger partial charge in [-0.15, -0.1) is 0 Å². The zero-order valence-corrected chi connectivity index (χ0v) is 16.8. The molecule has 1 aliphatic heterocycles. The minimum absolute atomic E-state index is 0.343. The fraction of sp³-hybridized carbons (Fsp3) is 0.375. The molecule has 1 fully saturated rings. The van der Waals surface area contributed by atoms with Crippen molar-refractivity contribution in [3.8, 4) is 0 Å². The van der Waals surface area contributed by atoms with Gasteiger partial charge < -0.3 is 0 Å². The van der Waals surface area contributed by atoms with E-state index in [1.807, 2.05) is 30.6 Å². The number of pyridine rings is 3. The maximum atomic E-state index is 5.02. The van der Waals surface area contributed by atoms with Gasteiger partial charge in [0.25, 0.3) is 0 Å². The van der Waals surface area contributed by atoms with Gasteiger partial charge in [0.2, 0.25) is 0 Å². The summed E-state index contributed by atoms with van der Waals surface area (Å²) in [7, 11) is 2.23. The Labute approximate surface area is 167 Å². The zero-order valence-electron chi connectivity index (χ0n) is 16.8. The van der Waals surface area contributed by atoms with Crippen molar-refractivity contribution >= 4 is 0 Å². The Morgan fingerprint density at radius 1 is 0.857 bits per heavy atom. The fourth-order valence-corrected chi connectivity index (χ4v) is 4.29. The third kappa shape index (κ3) is 4.12. The molecule has 3 aromatic rings. The van der Waals surface area contributed by atoms with Crippen LogP contribution in [0.1, 0.15) is 59.7 Å². The van der Waals surface area contributed by atoms with Crippen LogP contribution in [0, 0.1) is 6.92 Å². The summed E-state index contributed by atoms with van der Waals surface area (Å²) in [6.07, 6.45) is 9.12. The van der Waals surface area contributed by atoms with Crippen molar-refractivity contribution in [2.24, 2.45) is 0 Å². The van der Waals surface area contributed by atoms with Crippen LogP contribution < -0.4 is 0 Å². The first-order valence-electron chi connectivity index (χ1n) is 10.2. The summed E-state index contributed by atoms with van der Waals surface area (Å²) in [6.45, 7) is 2.16. The van der Waals surface area contributed by atoms with E-state index < -0.39 is 0 Å². The van der Waals surface area contributed by atoms with Crippen LogP contribution in [0.25, 0.3) is 0 Å². The van der Waals surface area contributed by atoms with Crippen molar-refractivity contribution in [3.05, 3.63) is 89.3 Å². The van der Waals surface area contributed by atoms with Crippen molar-refractivity contribution < 1.29 is 0 Å². The molecule has 4 nitrogen and oxygen atoms in total. The number of hydrogen-bond donors (Lipinski definition) is 0. The Hall–Kier alpha value is -2.59. The topological polar surface area (TPSA) is 41.9 Å². The van der Waals surface area contributed by atoms with Gasteiger partial charge in [-0.2, -0.15) is 0 Å². The third-order valence-electron chi connectivity index (χ3n) is 5.84. The van der Waals surface area contributed by atoms with Gasteiger partial charge in [0.1, 0.15) is 0 Å². The highest BCUT2D eigenvalue weighted by atomic mass is 15.2. The lowest BCUT2D eigenvalue weighted by molar-refractivity contribution is 0.109. The maximum absolute atomic E-state index is 5.02. The molecule has 0 spiro atoms. The van der Waals surface area contributed by atoms with Crippen LogP contribution in [-0.4, -0.2) is 26.9 Å². The predicted octanol–water partition coefficient (Wildman–Crippen LogP) is 4.86. The first-order chi connectivity index (χ1) is 13.7. The standard InChI is InChI=1S/C24H28N4/c1-18-8-7-17-26-24(18)23-13-6-12-22(28(23)2)21-11-5-10-20(27-21)15-14-19-9-3-4-16-25-19/h3-5,7-11,16-17,22-23H,6,12-15H2,1-2H3/t22-,23+/m1/s1. The van der Waals surface area contributed by atoms with Crippen LogP contribution in [0.5, 0.6) is 0 Å². The summed E-state index contributed by atoms with van der Waals surface area (Å²) in [5, 5.41) is 0. The molecule has 2 atom stereocenters. The van der Waals surface area contributed by atoms with E-state index >= 15 is 0 Å². The molecule has 0 N–H and O–H groups in total. The first kappa shape index (κ1) is 18.8. The molecule has 0 aromatic carbocycles. The van der Waals surface area contributed by atoms with Gasteiger partial charge in [0.15, 0.2) is 0 Å². The molecule has 0 unspecified atom stereocenters. The molecule has 0 amide bonds. The Morgan fingerprint density at radius 2 is 1.64 bits per heavy atom. The number of rotatable bonds is 5. The molecule has 1 aliphatic rings. The van der Waals surface area contributed by atoms with Crippen molar-refractivity contribution in [3.63, 3.8) is 0 Å². The Morgan fingerprint density at radius 3 is 2.46 bits per heavy atom. The average Bonchev–Trinajstić information content (AvgIpc) is 2.74. The smallest absolute Gasteiger partial charge is 0.0604 e. The van der Waals surface area contributed by atoms with E-state index in [4.69, 9.17) is 9.97 Å². The average molecular weight is 373 g/mol. The van der Waals surface area contributed by atoms with Crippen LogP contribution >= 0.6 is 0 Å². The zero-order chi connectivity index (χ0) is 19.3. The SMILES string of the molecule is Cc1cccnc1[C@@H]1CCC[C@H](c2cccc(CCc3ccccn3)n2)N1C. The Bertz CT molecular complexity index is 909. The molecule has 4 heteroatoms. The fourth-order valence-electron chi connectivity index (χ4n) is 4.29. The minimum atomic E-state index is 0.343. The predicted molar refractivity (Wildman–Crippen MR) is 112 cm³/mol. The summed E-state index contributed by atoms with van der Waals surface area (Å²) in [5.74, 6) is 0. The molecule has 1 saturated heterocycles. The lowest BCUT2D eigenvalue weighted by Crippen LogP contribution is -2.34. The number of aromatic nitrogens is 3. The second kappa shape index (κ2) is 8.61. The number of aryl methyl sites for hydroxylation is 3. The molecule has 3 aromatic heterocycles. The van der Waals surface area contributed by atoms with Crippen molar-refractivity contribution in [2.45, 2.75) is 51.1 Å². The van der Waals surface area contributed by atoms with E-state index in [9.17, 15) is 0 Å². The molecule has 0 bridgehead atoms. The summed E-state index contributed by atoms with van der Waals surface area (Å²) in [6, 6.07) is 17.4. The van der Waals surface area contributed by atoms with Crippen molar-refractivity contribution in [1.29, 1.82) is 0 Å². The van der Waals surface area contributed by atoms with Crippen LogP contribution in [0.15, 0.2) is 60.9 Å². The maximum Gasteiger partial charge on any atom is 0.0604 e. The van der Waals surface area contributed by atoms with Gasteiger partial charge >= 0.3 is 0 Å². The van der Waals surface area contributed by atoms with Gasteiger partial charge in [0, 0.05) is 23.8 Å².